The molecule has 0 spiro atoms. The molecular formula is C13H10N2OS. The summed E-state index contributed by atoms with van der Waals surface area (Å²) in [5.74, 6) is 0. The molecule has 0 radical (unpaired) electrons. The van der Waals surface area contributed by atoms with Crippen molar-refractivity contribution >= 4 is 17.2 Å². The second kappa shape index (κ2) is 3.53. The topological polar surface area (TPSA) is 58.9 Å². The Balaban J connectivity index is 2.30. The van der Waals surface area contributed by atoms with Crippen molar-refractivity contribution in [1.29, 1.82) is 0 Å². The predicted molar refractivity (Wildman–Crippen MR) is 71.2 cm³/mol. The summed E-state index contributed by atoms with van der Waals surface area (Å²) < 4.78 is 0. The van der Waals surface area contributed by atoms with E-state index in [4.69, 9.17) is 18.0 Å². The Bertz CT molecular complexity index is 688. The summed E-state index contributed by atoms with van der Waals surface area (Å²) in [5, 5.41) is 0. The third kappa shape index (κ3) is 1.49. The van der Waals surface area contributed by atoms with Gasteiger partial charge < -0.3 is 10.7 Å². The van der Waals surface area contributed by atoms with Gasteiger partial charge in [-0.25, -0.2) is 0 Å². The number of pyridine rings is 1. The fraction of sp³-hybridized carbons (Fsp3) is 0.0769. The first kappa shape index (κ1) is 10.2. The lowest BCUT2D eigenvalue weighted by Gasteiger charge is -2.03. The van der Waals surface area contributed by atoms with Gasteiger partial charge in [-0.3, -0.25) is 4.79 Å². The predicted octanol–water partition coefficient (Wildman–Crippen LogP) is 1.58. The molecule has 1 aromatic heterocycles. The van der Waals surface area contributed by atoms with Gasteiger partial charge in [0, 0.05) is 17.7 Å². The van der Waals surface area contributed by atoms with Crippen LogP contribution in [0.3, 0.4) is 0 Å². The van der Waals surface area contributed by atoms with Gasteiger partial charge in [0.15, 0.2) is 0 Å². The van der Waals surface area contributed by atoms with Crippen molar-refractivity contribution in [3.63, 3.8) is 0 Å². The summed E-state index contributed by atoms with van der Waals surface area (Å²) in [5.41, 5.74) is 10.1. The zero-order valence-corrected chi connectivity index (χ0v) is 9.80. The Labute approximate surface area is 103 Å². The number of thiocarbonyl (C=S) groups is 1. The lowest BCUT2D eigenvalue weighted by atomic mass is 10.1. The van der Waals surface area contributed by atoms with Crippen molar-refractivity contribution in [2.45, 2.75) is 6.42 Å². The standard InChI is InChI=1S/C13H10N2OS/c14-12(17)10-6-9-8-4-2-1-3-7(8)5-11(9)15-13(10)16/h1-4,6H,5H2,(H2,14,17)(H,15,16). The van der Waals surface area contributed by atoms with Crippen molar-refractivity contribution in [3.05, 3.63) is 57.5 Å². The monoisotopic (exact) mass is 242 g/mol. The second-order valence-electron chi connectivity index (χ2n) is 4.10. The molecule has 1 heterocycles. The van der Waals surface area contributed by atoms with E-state index >= 15 is 0 Å². The third-order valence-electron chi connectivity index (χ3n) is 3.06. The fourth-order valence-electron chi connectivity index (χ4n) is 2.26. The molecule has 84 valence electrons. The van der Waals surface area contributed by atoms with E-state index in [9.17, 15) is 4.79 Å². The van der Waals surface area contributed by atoms with Gasteiger partial charge in [-0.2, -0.15) is 0 Å². The van der Waals surface area contributed by atoms with Crippen molar-refractivity contribution < 1.29 is 0 Å². The molecule has 0 saturated carbocycles. The molecule has 0 bridgehead atoms. The normalized spacial score (nSPS) is 12.0. The average molecular weight is 242 g/mol. The van der Waals surface area contributed by atoms with Crippen LogP contribution < -0.4 is 11.3 Å². The SMILES string of the molecule is NC(=S)c1cc2c([nH]c1=O)Cc1ccccc1-2. The molecule has 0 saturated heterocycles. The maximum absolute atomic E-state index is 11.7. The Morgan fingerprint density at radius 2 is 2.06 bits per heavy atom. The molecule has 17 heavy (non-hydrogen) atoms. The van der Waals surface area contributed by atoms with Crippen molar-refractivity contribution in [1.82, 2.24) is 4.98 Å². The maximum atomic E-state index is 11.7. The molecule has 0 amide bonds. The molecule has 0 fully saturated rings. The highest BCUT2D eigenvalue weighted by Gasteiger charge is 2.20. The van der Waals surface area contributed by atoms with Crippen LogP contribution in [0, 0.1) is 0 Å². The van der Waals surface area contributed by atoms with E-state index < -0.39 is 0 Å². The minimum Gasteiger partial charge on any atom is -0.389 e. The Kier molecular flexibility index (Phi) is 2.12. The van der Waals surface area contributed by atoms with Crippen LogP contribution >= 0.6 is 12.2 Å². The molecule has 3 nitrogen and oxygen atoms in total. The van der Waals surface area contributed by atoms with E-state index in [1.165, 1.54) is 5.56 Å². The van der Waals surface area contributed by atoms with E-state index in [2.05, 4.69) is 11.1 Å². The summed E-state index contributed by atoms with van der Waals surface area (Å²) in [4.78, 5) is 14.7. The van der Waals surface area contributed by atoms with E-state index in [1.54, 1.807) is 6.07 Å². The summed E-state index contributed by atoms with van der Waals surface area (Å²) in [6, 6.07) is 9.88. The second-order valence-corrected chi connectivity index (χ2v) is 4.54. The summed E-state index contributed by atoms with van der Waals surface area (Å²) in [7, 11) is 0. The van der Waals surface area contributed by atoms with Crippen molar-refractivity contribution in [3.8, 4) is 11.1 Å². The first-order valence-electron chi connectivity index (χ1n) is 5.31. The number of aromatic nitrogens is 1. The quantitative estimate of drug-likeness (QED) is 0.637. The number of hydrogen-bond donors (Lipinski definition) is 2. The lowest BCUT2D eigenvalue weighted by Crippen LogP contribution is -2.23. The summed E-state index contributed by atoms with van der Waals surface area (Å²) in [6.45, 7) is 0. The zero-order valence-electron chi connectivity index (χ0n) is 8.99. The molecule has 3 rings (SSSR count). The summed E-state index contributed by atoms with van der Waals surface area (Å²) >= 11 is 4.88. The first-order valence-corrected chi connectivity index (χ1v) is 5.72. The highest BCUT2D eigenvalue weighted by atomic mass is 32.1. The minimum atomic E-state index is -0.205. The molecule has 1 aliphatic carbocycles. The Morgan fingerprint density at radius 3 is 2.82 bits per heavy atom. The maximum Gasteiger partial charge on any atom is 0.258 e. The van der Waals surface area contributed by atoms with Gasteiger partial charge in [0.2, 0.25) is 0 Å². The van der Waals surface area contributed by atoms with Gasteiger partial charge in [-0.15, -0.1) is 0 Å². The van der Waals surface area contributed by atoms with Gasteiger partial charge in [-0.1, -0.05) is 36.5 Å². The number of nitrogens with one attached hydrogen (secondary N) is 1. The molecular weight excluding hydrogens is 232 g/mol. The molecule has 0 aliphatic heterocycles. The van der Waals surface area contributed by atoms with Crippen LogP contribution in [0.2, 0.25) is 0 Å². The molecule has 3 N–H and O–H groups in total. The summed E-state index contributed by atoms with van der Waals surface area (Å²) in [6.07, 6.45) is 0.762. The minimum absolute atomic E-state index is 0.137. The Morgan fingerprint density at radius 1 is 1.29 bits per heavy atom. The molecule has 1 aliphatic rings. The number of aromatic amines is 1. The molecule has 0 atom stereocenters. The largest absolute Gasteiger partial charge is 0.389 e. The highest BCUT2D eigenvalue weighted by molar-refractivity contribution is 7.80. The first-order chi connectivity index (χ1) is 8.16. The fourth-order valence-corrected chi connectivity index (χ4v) is 2.41. The van der Waals surface area contributed by atoms with Gasteiger partial charge in [-0.05, 0) is 17.2 Å². The van der Waals surface area contributed by atoms with Crippen LogP contribution in [0.1, 0.15) is 16.8 Å². The van der Waals surface area contributed by atoms with E-state index in [-0.39, 0.29) is 10.5 Å². The van der Waals surface area contributed by atoms with Gasteiger partial charge in [0.25, 0.3) is 5.56 Å². The molecule has 0 unspecified atom stereocenters. The van der Waals surface area contributed by atoms with E-state index in [1.807, 2.05) is 18.2 Å². The lowest BCUT2D eigenvalue weighted by molar-refractivity contribution is 1.08. The van der Waals surface area contributed by atoms with Gasteiger partial charge >= 0.3 is 0 Å². The van der Waals surface area contributed by atoms with Gasteiger partial charge in [0.1, 0.15) is 4.99 Å². The smallest absolute Gasteiger partial charge is 0.258 e. The number of nitrogens with two attached hydrogens (primary N) is 1. The van der Waals surface area contributed by atoms with Gasteiger partial charge in [0.05, 0.1) is 5.56 Å². The van der Waals surface area contributed by atoms with Crippen molar-refractivity contribution in [2.24, 2.45) is 5.73 Å². The molecule has 4 heteroatoms. The number of hydrogen-bond acceptors (Lipinski definition) is 2. The molecule has 1 aromatic carbocycles. The van der Waals surface area contributed by atoms with Crippen LogP contribution in [0.4, 0.5) is 0 Å². The third-order valence-corrected chi connectivity index (χ3v) is 3.28. The van der Waals surface area contributed by atoms with Crippen LogP contribution in [0.5, 0.6) is 0 Å². The van der Waals surface area contributed by atoms with E-state index in [0.717, 1.165) is 23.2 Å². The number of rotatable bonds is 1. The molecule has 2 aromatic rings. The number of benzene rings is 1. The highest BCUT2D eigenvalue weighted by Crippen LogP contribution is 2.34. The van der Waals surface area contributed by atoms with Crippen LogP contribution in [-0.4, -0.2) is 9.97 Å². The number of H-pyrrole nitrogens is 1. The Hall–Kier alpha value is -1.94. The zero-order chi connectivity index (χ0) is 12.0. The van der Waals surface area contributed by atoms with E-state index in [0.29, 0.717) is 5.56 Å². The van der Waals surface area contributed by atoms with Crippen LogP contribution in [0.25, 0.3) is 11.1 Å². The average Bonchev–Trinajstić information content (AvgIpc) is 2.64. The van der Waals surface area contributed by atoms with Crippen molar-refractivity contribution in [2.75, 3.05) is 0 Å². The van der Waals surface area contributed by atoms with Crippen LogP contribution in [-0.2, 0) is 6.42 Å². The number of fused-ring (bicyclic) bond motifs is 3. The van der Waals surface area contributed by atoms with Crippen LogP contribution in [0.15, 0.2) is 35.1 Å².